The summed E-state index contributed by atoms with van der Waals surface area (Å²) in [5, 5.41) is 0. The minimum Gasteiger partial charge on any atom is -0.439 e. The van der Waals surface area contributed by atoms with Gasteiger partial charge in [-0.05, 0) is 32.0 Å². The van der Waals surface area contributed by atoms with Gasteiger partial charge in [-0.1, -0.05) is 23.8 Å². The first-order valence-electron chi connectivity index (χ1n) is 4.92. The lowest BCUT2D eigenvalue weighted by molar-refractivity contribution is 0.461. The van der Waals surface area contributed by atoms with Crippen molar-refractivity contribution in [2.45, 2.75) is 13.8 Å². The number of pyridine rings is 1. The van der Waals surface area contributed by atoms with E-state index < -0.39 is 0 Å². The summed E-state index contributed by atoms with van der Waals surface area (Å²) in [5.74, 6) is 1.46. The average molecular weight is 199 g/mol. The van der Waals surface area contributed by atoms with Crippen LogP contribution in [-0.4, -0.2) is 4.98 Å². The highest BCUT2D eigenvalue weighted by molar-refractivity contribution is 5.30. The van der Waals surface area contributed by atoms with E-state index in [4.69, 9.17) is 4.74 Å². The SMILES string of the molecule is Cc1ccc(Oc2cccc(C)n2)cc1. The van der Waals surface area contributed by atoms with Crippen LogP contribution in [0.15, 0.2) is 42.5 Å². The van der Waals surface area contributed by atoms with E-state index in [2.05, 4.69) is 11.9 Å². The minimum atomic E-state index is 0.638. The molecule has 0 amide bonds. The van der Waals surface area contributed by atoms with Gasteiger partial charge in [0.15, 0.2) is 0 Å². The summed E-state index contributed by atoms with van der Waals surface area (Å²) in [7, 11) is 0. The normalized spacial score (nSPS) is 10.0. The zero-order chi connectivity index (χ0) is 10.7. The van der Waals surface area contributed by atoms with Crippen LogP contribution < -0.4 is 4.74 Å². The number of benzene rings is 1. The first-order chi connectivity index (χ1) is 7.24. The Morgan fingerprint density at radius 2 is 1.67 bits per heavy atom. The van der Waals surface area contributed by atoms with Crippen molar-refractivity contribution >= 4 is 0 Å². The van der Waals surface area contributed by atoms with Gasteiger partial charge in [0.05, 0.1) is 0 Å². The summed E-state index contributed by atoms with van der Waals surface area (Å²) in [6.07, 6.45) is 0. The van der Waals surface area contributed by atoms with Crippen LogP contribution in [0.3, 0.4) is 0 Å². The molecule has 76 valence electrons. The standard InChI is InChI=1S/C13H13NO/c1-10-6-8-12(9-7-10)15-13-5-3-4-11(2)14-13/h3-9H,1-2H3. The number of aryl methyl sites for hydroxylation is 2. The molecule has 1 heterocycles. The first-order valence-corrected chi connectivity index (χ1v) is 4.92. The van der Waals surface area contributed by atoms with E-state index in [1.165, 1.54) is 5.56 Å². The van der Waals surface area contributed by atoms with Crippen molar-refractivity contribution in [3.8, 4) is 11.6 Å². The van der Waals surface area contributed by atoms with Crippen LogP contribution in [-0.2, 0) is 0 Å². The highest BCUT2D eigenvalue weighted by Gasteiger charge is 1.97. The van der Waals surface area contributed by atoms with Crippen molar-refractivity contribution in [3.63, 3.8) is 0 Å². The van der Waals surface area contributed by atoms with Gasteiger partial charge in [0.25, 0.3) is 0 Å². The molecule has 0 aliphatic carbocycles. The van der Waals surface area contributed by atoms with E-state index in [0.717, 1.165) is 11.4 Å². The number of rotatable bonds is 2. The summed E-state index contributed by atoms with van der Waals surface area (Å²) in [6.45, 7) is 4.00. The quantitative estimate of drug-likeness (QED) is 0.738. The minimum absolute atomic E-state index is 0.638. The summed E-state index contributed by atoms with van der Waals surface area (Å²) in [6, 6.07) is 13.7. The van der Waals surface area contributed by atoms with Crippen LogP contribution in [0.1, 0.15) is 11.3 Å². The number of hydrogen-bond acceptors (Lipinski definition) is 2. The van der Waals surface area contributed by atoms with E-state index >= 15 is 0 Å². The third-order valence-electron chi connectivity index (χ3n) is 2.11. The molecule has 0 unspecified atom stereocenters. The lowest BCUT2D eigenvalue weighted by Gasteiger charge is -2.05. The van der Waals surface area contributed by atoms with Crippen molar-refractivity contribution in [2.24, 2.45) is 0 Å². The molecule has 2 aromatic rings. The van der Waals surface area contributed by atoms with Gasteiger partial charge in [-0.25, -0.2) is 4.98 Å². The highest BCUT2D eigenvalue weighted by Crippen LogP contribution is 2.19. The van der Waals surface area contributed by atoms with Crippen LogP contribution in [0.25, 0.3) is 0 Å². The van der Waals surface area contributed by atoms with Gasteiger partial charge in [0, 0.05) is 11.8 Å². The Kier molecular flexibility index (Phi) is 2.68. The van der Waals surface area contributed by atoms with Crippen LogP contribution >= 0.6 is 0 Å². The lowest BCUT2D eigenvalue weighted by atomic mass is 10.2. The molecule has 15 heavy (non-hydrogen) atoms. The van der Waals surface area contributed by atoms with E-state index in [0.29, 0.717) is 5.88 Å². The Morgan fingerprint density at radius 3 is 2.33 bits per heavy atom. The second-order valence-electron chi connectivity index (χ2n) is 3.53. The third-order valence-corrected chi connectivity index (χ3v) is 2.11. The van der Waals surface area contributed by atoms with Gasteiger partial charge >= 0.3 is 0 Å². The predicted octanol–water partition coefficient (Wildman–Crippen LogP) is 3.49. The molecule has 0 saturated heterocycles. The van der Waals surface area contributed by atoms with E-state index in [-0.39, 0.29) is 0 Å². The third kappa shape index (κ3) is 2.56. The van der Waals surface area contributed by atoms with Crippen LogP contribution in [0.4, 0.5) is 0 Å². The fourth-order valence-corrected chi connectivity index (χ4v) is 1.30. The Hall–Kier alpha value is -1.83. The van der Waals surface area contributed by atoms with Gasteiger partial charge < -0.3 is 4.74 Å². The number of aromatic nitrogens is 1. The topological polar surface area (TPSA) is 22.1 Å². The first kappa shape index (κ1) is 9.71. The molecule has 0 N–H and O–H groups in total. The van der Waals surface area contributed by atoms with E-state index in [1.807, 2.05) is 49.4 Å². The maximum absolute atomic E-state index is 5.60. The van der Waals surface area contributed by atoms with Crippen LogP contribution in [0, 0.1) is 13.8 Å². The molecule has 1 aromatic carbocycles. The molecule has 0 bridgehead atoms. The van der Waals surface area contributed by atoms with Crippen molar-refractivity contribution in [1.29, 1.82) is 0 Å². The Bertz CT molecular complexity index is 448. The summed E-state index contributed by atoms with van der Waals surface area (Å²) in [4.78, 5) is 4.27. The van der Waals surface area contributed by atoms with Crippen LogP contribution in [0.5, 0.6) is 11.6 Å². The largest absolute Gasteiger partial charge is 0.439 e. The molecule has 2 rings (SSSR count). The second kappa shape index (κ2) is 4.13. The maximum atomic E-state index is 5.60. The van der Waals surface area contributed by atoms with Gasteiger partial charge in [-0.15, -0.1) is 0 Å². The molecule has 0 spiro atoms. The summed E-state index contributed by atoms with van der Waals surface area (Å²) >= 11 is 0. The Morgan fingerprint density at radius 1 is 0.933 bits per heavy atom. The van der Waals surface area contributed by atoms with Crippen molar-refractivity contribution in [3.05, 3.63) is 53.7 Å². The van der Waals surface area contributed by atoms with Crippen molar-refractivity contribution in [1.82, 2.24) is 4.98 Å². The zero-order valence-electron chi connectivity index (χ0n) is 8.90. The smallest absolute Gasteiger partial charge is 0.219 e. The number of hydrogen-bond donors (Lipinski definition) is 0. The number of nitrogens with zero attached hydrogens (tertiary/aromatic N) is 1. The highest BCUT2D eigenvalue weighted by atomic mass is 16.5. The zero-order valence-corrected chi connectivity index (χ0v) is 8.90. The van der Waals surface area contributed by atoms with Gasteiger partial charge in [0.1, 0.15) is 5.75 Å². The van der Waals surface area contributed by atoms with Crippen molar-refractivity contribution in [2.75, 3.05) is 0 Å². The maximum Gasteiger partial charge on any atom is 0.219 e. The molecule has 0 atom stereocenters. The molecular weight excluding hydrogens is 186 g/mol. The molecule has 0 fully saturated rings. The van der Waals surface area contributed by atoms with E-state index in [9.17, 15) is 0 Å². The molecule has 0 radical (unpaired) electrons. The summed E-state index contributed by atoms with van der Waals surface area (Å²) in [5.41, 5.74) is 2.18. The van der Waals surface area contributed by atoms with Gasteiger partial charge in [-0.3, -0.25) is 0 Å². The summed E-state index contributed by atoms with van der Waals surface area (Å²) < 4.78 is 5.60. The molecule has 2 heteroatoms. The molecular formula is C13H13NO. The predicted molar refractivity (Wildman–Crippen MR) is 60.2 cm³/mol. The molecule has 0 aliphatic heterocycles. The Balaban J connectivity index is 2.18. The average Bonchev–Trinajstić information content (AvgIpc) is 2.22. The monoisotopic (exact) mass is 199 g/mol. The molecule has 0 aliphatic rings. The van der Waals surface area contributed by atoms with Gasteiger partial charge in [-0.2, -0.15) is 0 Å². The molecule has 2 nitrogen and oxygen atoms in total. The van der Waals surface area contributed by atoms with Crippen LogP contribution in [0.2, 0.25) is 0 Å². The van der Waals surface area contributed by atoms with Gasteiger partial charge in [0.2, 0.25) is 5.88 Å². The molecule has 1 aromatic heterocycles. The fraction of sp³-hybridized carbons (Fsp3) is 0.154. The second-order valence-corrected chi connectivity index (χ2v) is 3.53. The fourth-order valence-electron chi connectivity index (χ4n) is 1.30. The Labute approximate surface area is 89.6 Å². The van der Waals surface area contributed by atoms with E-state index in [1.54, 1.807) is 0 Å². The van der Waals surface area contributed by atoms with Crippen molar-refractivity contribution < 1.29 is 4.74 Å². The lowest BCUT2D eigenvalue weighted by Crippen LogP contribution is -1.89. The molecule has 0 saturated carbocycles. The number of ether oxygens (including phenoxy) is 1.